The molecular weight excluding hydrogens is 342 g/mol. The maximum absolute atomic E-state index is 12.4. The Hall–Kier alpha value is -1.82. The lowest BCUT2D eigenvalue weighted by Gasteiger charge is -2.35. The third-order valence-electron chi connectivity index (χ3n) is 5.30. The first-order chi connectivity index (χ1) is 12.0. The number of nitrogens with zero attached hydrogens (tertiary/aromatic N) is 2. The van der Waals surface area contributed by atoms with Crippen LogP contribution in [0.25, 0.3) is 0 Å². The molecule has 2 fully saturated rings. The number of halogens is 1. The van der Waals surface area contributed by atoms with E-state index in [1.165, 1.54) is 18.6 Å². The number of nitro groups is 1. The summed E-state index contributed by atoms with van der Waals surface area (Å²) in [5.41, 5.74) is 0.827. The van der Waals surface area contributed by atoms with Crippen molar-refractivity contribution < 1.29 is 9.72 Å². The number of nitro benzene ring substituents is 1. The Bertz CT molecular complexity index is 638. The summed E-state index contributed by atoms with van der Waals surface area (Å²) >= 11 is 6.21. The number of hydrogen-bond donors (Lipinski definition) is 1. The summed E-state index contributed by atoms with van der Waals surface area (Å²) in [5, 5.41) is 14.4. The molecule has 1 heterocycles. The lowest BCUT2D eigenvalue weighted by Crippen LogP contribution is -2.46. The van der Waals surface area contributed by atoms with Crippen LogP contribution in [0.15, 0.2) is 18.2 Å². The molecule has 1 aromatic rings. The standard InChI is InChI=1S/C18H24ClN3O3/c19-16-12-15(22(24)25)6-7-17(16)21-10-8-14(9-11-21)20-18(23)13-4-2-1-3-5-13/h6-7,12-14H,1-5,8-11H2,(H,20,23). The minimum atomic E-state index is -0.442. The zero-order chi connectivity index (χ0) is 17.8. The van der Waals surface area contributed by atoms with Crippen molar-refractivity contribution in [1.82, 2.24) is 5.32 Å². The fourth-order valence-electron chi connectivity index (χ4n) is 3.81. The van der Waals surface area contributed by atoms with Crippen LogP contribution in [0, 0.1) is 16.0 Å². The van der Waals surface area contributed by atoms with Crippen LogP contribution in [0.1, 0.15) is 44.9 Å². The monoisotopic (exact) mass is 365 g/mol. The van der Waals surface area contributed by atoms with E-state index >= 15 is 0 Å². The van der Waals surface area contributed by atoms with Crippen LogP contribution in [0.4, 0.5) is 11.4 Å². The van der Waals surface area contributed by atoms with Crippen LogP contribution in [0.3, 0.4) is 0 Å². The van der Waals surface area contributed by atoms with Crippen molar-refractivity contribution >= 4 is 28.9 Å². The van der Waals surface area contributed by atoms with Crippen LogP contribution in [-0.4, -0.2) is 30.0 Å². The molecule has 136 valence electrons. The largest absolute Gasteiger partial charge is 0.370 e. The van der Waals surface area contributed by atoms with Gasteiger partial charge in [-0.2, -0.15) is 0 Å². The molecule has 3 rings (SSSR count). The van der Waals surface area contributed by atoms with E-state index < -0.39 is 4.92 Å². The molecule has 6 nitrogen and oxygen atoms in total. The average Bonchev–Trinajstić information content (AvgIpc) is 2.63. The quantitative estimate of drug-likeness (QED) is 0.648. The van der Waals surface area contributed by atoms with Gasteiger partial charge in [0.15, 0.2) is 0 Å². The number of non-ortho nitro benzene ring substituents is 1. The van der Waals surface area contributed by atoms with Crippen molar-refractivity contribution in [2.75, 3.05) is 18.0 Å². The van der Waals surface area contributed by atoms with Crippen LogP contribution in [0.5, 0.6) is 0 Å². The number of anilines is 1. The molecule has 0 spiro atoms. The van der Waals surface area contributed by atoms with Gasteiger partial charge < -0.3 is 10.2 Å². The van der Waals surface area contributed by atoms with Crippen LogP contribution in [-0.2, 0) is 4.79 Å². The first-order valence-electron chi connectivity index (χ1n) is 9.04. The number of benzene rings is 1. The molecule has 7 heteroatoms. The van der Waals surface area contributed by atoms with Gasteiger partial charge in [-0.15, -0.1) is 0 Å². The summed E-state index contributed by atoms with van der Waals surface area (Å²) in [6, 6.07) is 4.80. The number of piperidine rings is 1. The molecule has 1 saturated carbocycles. The van der Waals surface area contributed by atoms with Gasteiger partial charge in [-0.3, -0.25) is 14.9 Å². The first kappa shape index (κ1) is 18.0. The Morgan fingerprint density at radius 3 is 2.44 bits per heavy atom. The van der Waals surface area contributed by atoms with Gasteiger partial charge in [0.05, 0.1) is 15.6 Å². The molecule has 2 aliphatic rings. The van der Waals surface area contributed by atoms with Gasteiger partial charge in [-0.25, -0.2) is 0 Å². The maximum Gasteiger partial charge on any atom is 0.271 e. The molecule has 1 amide bonds. The van der Waals surface area contributed by atoms with Crippen molar-refractivity contribution in [1.29, 1.82) is 0 Å². The minimum Gasteiger partial charge on any atom is -0.370 e. The highest BCUT2D eigenvalue weighted by atomic mass is 35.5. The van der Waals surface area contributed by atoms with Crippen molar-refractivity contribution in [3.8, 4) is 0 Å². The summed E-state index contributed by atoms with van der Waals surface area (Å²) in [5.74, 6) is 0.405. The van der Waals surface area contributed by atoms with Crippen molar-refractivity contribution in [2.45, 2.75) is 51.0 Å². The normalized spacial score (nSPS) is 19.6. The molecule has 0 radical (unpaired) electrons. The van der Waals surface area contributed by atoms with E-state index in [1.54, 1.807) is 6.07 Å². The van der Waals surface area contributed by atoms with Gasteiger partial charge in [-0.05, 0) is 31.7 Å². The summed E-state index contributed by atoms with van der Waals surface area (Å²) in [6.45, 7) is 1.57. The van der Waals surface area contributed by atoms with E-state index in [-0.39, 0.29) is 23.6 Å². The molecule has 25 heavy (non-hydrogen) atoms. The van der Waals surface area contributed by atoms with E-state index in [9.17, 15) is 14.9 Å². The van der Waals surface area contributed by atoms with E-state index in [0.29, 0.717) is 5.02 Å². The second-order valence-electron chi connectivity index (χ2n) is 7.00. The Morgan fingerprint density at radius 1 is 1.16 bits per heavy atom. The lowest BCUT2D eigenvalue weighted by atomic mass is 9.88. The SMILES string of the molecule is O=C(NC1CCN(c2ccc([N+](=O)[O-])cc2Cl)CC1)C1CCCCC1. The molecule has 1 N–H and O–H groups in total. The van der Waals surface area contributed by atoms with E-state index in [2.05, 4.69) is 10.2 Å². The fraction of sp³-hybridized carbons (Fsp3) is 0.611. The highest BCUT2D eigenvalue weighted by Crippen LogP contribution is 2.31. The highest BCUT2D eigenvalue weighted by Gasteiger charge is 2.26. The van der Waals surface area contributed by atoms with Gasteiger partial charge in [-0.1, -0.05) is 30.9 Å². The number of rotatable bonds is 4. The number of carbonyl (C=O) groups excluding carboxylic acids is 1. The van der Waals surface area contributed by atoms with E-state index in [4.69, 9.17) is 11.6 Å². The number of nitrogens with one attached hydrogen (secondary N) is 1. The molecule has 0 bridgehead atoms. The molecule has 1 aliphatic carbocycles. The minimum absolute atomic E-state index is 0.00313. The van der Waals surface area contributed by atoms with Crippen LogP contribution in [0.2, 0.25) is 5.02 Å². The first-order valence-corrected chi connectivity index (χ1v) is 9.41. The van der Waals surface area contributed by atoms with Crippen molar-refractivity contribution in [3.63, 3.8) is 0 Å². The molecule has 0 aromatic heterocycles. The van der Waals surface area contributed by atoms with Crippen LogP contribution < -0.4 is 10.2 Å². The predicted octanol–water partition coefficient (Wildman–Crippen LogP) is 3.91. The van der Waals surface area contributed by atoms with Crippen molar-refractivity contribution in [3.05, 3.63) is 33.3 Å². The lowest BCUT2D eigenvalue weighted by molar-refractivity contribution is -0.384. The zero-order valence-electron chi connectivity index (χ0n) is 14.2. The summed E-state index contributed by atoms with van der Waals surface area (Å²) < 4.78 is 0. The zero-order valence-corrected chi connectivity index (χ0v) is 15.0. The average molecular weight is 366 g/mol. The van der Waals surface area contributed by atoms with Gasteiger partial charge in [0.25, 0.3) is 5.69 Å². The third kappa shape index (κ3) is 4.42. The van der Waals surface area contributed by atoms with Crippen LogP contribution >= 0.6 is 11.6 Å². The maximum atomic E-state index is 12.4. The molecule has 0 unspecified atom stereocenters. The molecule has 1 aromatic carbocycles. The van der Waals surface area contributed by atoms with E-state index in [1.807, 2.05) is 0 Å². The summed E-state index contributed by atoms with van der Waals surface area (Å²) in [4.78, 5) is 24.9. The number of carbonyl (C=O) groups is 1. The third-order valence-corrected chi connectivity index (χ3v) is 5.60. The second kappa shape index (κ2) is 8.04. The Labute approximate surface area is 152 Å². The topological polar surface area (TPSA) is 75.5 Å². The number of hydrogen-bond acceptors (Lipinski definition) is 4. The molecular formula is C18H24ClN3O3. The Balaban J connectivity index is 1.53. The van der Waals surface area contributed by atoms with E-state index in [0.717, 1.165) is 57.3 Å². The Kier molecular flexibility index (Phi) is 5.78. The molecule has 1 saturated heterocycles. The van der Waals surface area contributed by atoms with Gasteiger partial charge in [0, 0.05) is 37.2 Å². The predicted molar refractivity (Wildman–Crippen MR) is 98.1 cm³/mol. The Morgan fingerprint density at radius 2 is 1.84 bits per heavy atom. The fourth-order valence-corrected chi connectivity index (χ4v) is 4.11. The highest BCUT2D eigenvalue weighted by molar-refractivity contribution is 6.33. The summed E-state index contributed by atoms with van der Waals surface area (Å²) in [7, 11) is 0. The number of amides is 1. The second-order valence-corrected chi connectivity index (χ2v) is 7.40. The van der Waals surface area contributed by atoms with Gasteiger partial charge in [0.2, 0.25) is 5.91 Å². The molecule has 1 aliphatic heterocycles. The van der Waals surface area contributed by atoms with Crippen molar-refractivity contribution in [2.24, 2.45) is 5.92 Å². The smallest absolute Gasteiger partial charge is 0.271 e. The molecule has 0 atom stereocenters. The summed E-state index contributed by atoms with van der Waals surface area (Å²) in [6.07, 6.45) is 7.34. The van der Waals surface area contributed by atoms with Gasteiger partial charge in [0.1, 0.15) is 0 Å². The van der Waals surface area contributed by atoms with Gasteiger partial charge >= 0.3 is 0 Å².